The largest absolute Gasteiger partial charge is 0.394 e. The van der Waals surface area contributed by atoms with Crippen LogP contribution in [0.25, 0.3) is 0 Å². The summed E-state index contributed by atoms with van der Waals surface area (Å²) in [6.45, 7) is 1.08. The third-order valence-electron chi connectivity index (χ3n) is 4.71. The predicted molar refractivity (Wildman–Crippen MR) is 104 cm³/mol. The fraction of sp³-hybridized carbons (Fsp3) is 0.684. The summed E-state index contributed by atoms with van der Waals surface area (Å²) in [5, 5.41) is 46.6. The summed E-state index contributed by atoms with van der Waals surface area (Å²) in [5.41, 5.74) is 0.851. The van der Waals surface area contributed by atoms with Crippen molar-refractivity contribution in [3.8, 4) is 0 Å². The molecule has 31 heavy (non-hydrogen) atoms. The Morgan fingerprint density at radius 1 is 1.06 bits per heavy atom. The number of aromatic nitrogens is 1. The topological polar surface area (TPSA) is 158 Å². The van der Waals surface area contributed by atoms with Gasteiger partial charge in [-0.2, -0.15) is 0 Å². The van der Waals surface area contributed by atoms with Gasteiger partial charge in [0.05, 0.1) is 32.1 Å². The molecule has 3 rings (SSSR count). The van der Waals surface area contributed by atoms with E-state index in [0.29, 0.717) is 26.2 Å². The molecule has 0 saturated carbocycles. The monoisotopic (exact) mass is 441 g/mol. The Morgan fingerprint density at radius 3 is 2.71 bits per heavy atom. The van der Waals surface area contributed by atoms with Gasteiger partial charge in [0.25, 0.3) is 0 Å². The number of pyridine rings is 1. The smallest absolute Gasteiger partial charge is 0.245 e. The van der Waals surface area contributed by atoms with Gasteiger partial charge >= 0.3 is 0 Å². The lowest BCUT2D eigenvalue weighted by atomic mass is 9.99. The maximum Gasteiger partial charge on any atom is 0.245 e. The molecular formula is C19H29N4O8+. The molecule has 12 nitrogen and oxygen atoms in total. The molecule has 0 aliphatic carbocycles. The van der Waals surface area contributed by atoms with Crippen LogP contribution in [0.4, 0.5) is 0 Å². The number of rotatable bonds is 12. The van der Waals surface area contributed by atoms with E-state index in [0.717, 1.165) is 5.69 Å². The first-order chi connectivity index (χ1) is 15.1. The summed E-state index contributed by atoms with van der Waals surface area (Å²) in [4.78, 5) is 4.19. The highest BCUT2D eigenvalue weighted by atomic mass is 16.7. The standard InChI is InChI=1S/C19H29N4O8/c24-9-15-16(25)17(26)18(27)19(31-15)30-7-3-6-28-12-23-8-14(21-22-23)11-29-10-13-4-1-2-5-20-13/h1-2,4-5,8,14-19,24-27H,3,6-7,9-12H2/q+1. The van der Waals surface area contributed by atoms with Crippen LogP contribution < -0.4 is 0 Å². The molecule has 3 heterocycles. The van der Waals surface area contributed by atoms with Crippen molar-refractivity contribution < 1.29 is 44.1 Å². The van der Waals surface area contributed by atoms with Crippen molar-refractivity contribution in [2.75, 3.05) is 33.2 Å². The van der Waals surface area contributed by atoms with Crippen molar-refractivity contribution in [3.05, 3.63) is 30.1 Å². The molecule has 1 saturated heterocycles. The Balaban J connectivity index is 1.26. The lowest BCUT2D eigenvalue weighted by Crippen LogP contribution is -2.59. The number of hydrogen-bond donors (Lipinski definition) is 4. The Morgan fingerprint density at radius 2 is 1.94 bits per heavy atom. The van der Waals surface area contributed by atoms with Gasteiger partial charge in [0, 0.05) is 11.3 Å². The molecule has 0 bridgehead atoms. The zero-order chi connectivity index (χ0) is 22.1. The van der Waals surface area contributed by atoms with Gasteiger partial charge in [-0.3, -0.25) is 4.98 Å². The van der Waals surface area contributed by atoms with Crippen LogP contribution >= 0.6 is 0 Å². The van der Waals surface area contributed by atoms with E-state index in [4.69, 9.17) is 24.1 Å². The fourth-order valence-corrected chi connectivity index (χ4v) is 3.03. The molecular weight excluding hydrogens is 412 g/mol. The highest BCUT2D eigenvalue weighted by molar-refractivity contribution is 5.59. The van der Waals surface area contributed by atoms with Gasteiger partial charge in [-0.25, -0.2) is 0 Å². The van der Waals surface area contributed by atoms with Crippen LogP contribution in [0, 0.1) is 0 Å². The molecule has 6 atom stereocenters. The van der Waals surface area contributed by atoms with Gasteiger partial charge in [-0.15, -0.1) is 4.68 Å². The molecule has 12 heteroatoms. The van der Waals surface area contributed by atoms with E-state index >= 15 is 0 Å². The summed E-state index contributed by atoms with van der Waals surface area (Å²) in [6.07, 6.45) is -2.37. The van der Waals surface area contributed by atoms with E-state index in [9.17, 15) is 15.3 Å². The number of aliphatic hydroxyl groups excluding tert-OH is 4. The molecule has 1 aromatic rings. The van der Waals surface area contributed by atoms with E-state index < -0.39 is 37.3 Å². The van der Waals surface area contributed by atoms with Crippen molar-refractivity contribution in [2.45, 2.75) is 49.8 Å². The molecule has 4 N–H and O–H groups in total. The quantitative estimate of drug-likeness (QED) is 0.226. The van der Waals surface area contributed by atoms with Crippen LogP contribution in [0.3, 0.4) is 0 Å². The van der Waals surface area contributed by atoms with E-state index in [2.05, 4.69) is 15.3 Å². The predicted octanol–water partition coefficient (Wildman–Crippen LogP) is -1.39. The average molecular weight is 441 g/mol. The molecule has 2 aliphatic rings. The van der Waals surface area contributed by atoms with Gasteiger partial charge < -0.3 is 39.4 Å². The maximum absolute atomic E-state index is 9.90. The second kappa shape index (κ2) is 12.2. The zero-order valence-corrected chi connectivity index (χ0v) is 17.0. The second-order valence-electron chi connectivity index (χ2n) is 7.16. The number of hydrogen-bond acceptors (Lipinski definition) is 11. The number of nitrogens with zero attached hydrogens (tertiary/aromatic N) is 4. The van der Waals surface area contributed by atoms with Crippen LogP contribution in [-0.2, 0) is 25.6 Å². The molecule has 0 radical (unpaired) electrons. The van der Waals surface area contributed by atoms with Gasteiger partial charge in [-0.1, -0.05) is 6.07 Å². The van der Waals surface area contributed by atoms with Crippen molar-refractivity contribution in [1.29, 1.82) is 0 Å². The zero-order valence-electron chi connectivity index (χ0n) is 17.0. The van der Waals surface area contributed by atoms with Crippen LogP contribution in [0.15, 0.2) is 34.7 Å². The van der Waals surface area contributed by atoms with Gasteiger partial charge in [0.2, 0.25) is 12.8 Å². The second-order valence-corrected chi connectivity index (χ2v) is 7.16. The summed E-state index contributed by atoms with van der Waals surface area (Å²) in [5.74, 6) is 0. The Hall–Kier alpha value is -1.90. The molecule has 6 unspecified atom stereocenters. The molecule has 1 fully saturated rings. The summed E-state index contributed by atoms with van der Waals surface area (Å²) < 4.78 is 23.3. The SMILES string of the molecule is OCC1OC(OCCCOC[N+]2=CC(COCc3ccccn3)N=N2)C(O)C(O)C1O. The molecule has 0 amide bonds. The van der Waals surface area contributed by atoms with Crippen LogP contribution in [-0.4, -0.2) is 106 Å². The van der Waals surface area contributed by atoms with Crippen LogP contribution in [0.1, 0.15) is 12.1 Å². The van der Waals surface area contributed by atoms with Crippen LogP contribution in [0.2, 0.25) is 0 Å². The fourth-order valence-electron chi connectivity index (χ4n) is 3.03. The third-order valence-corrected chi connectivity index (χ3v) is 4.71. The van der Waals surface area contributed by atoms with Crippen molar-refractivity contribution in [3.63, 3.8) is 0 Å². The number of aliphatic hydroxyl groups is 4. The summed E-state index contributed by atoms with van der Waals surface area (Å²) in [6, 6.07) is 5.46. The van der Waals surface area contributed by atoms with Crippen molar-refractivity contribution >= 4 is 6.21 Å². The molecule has 0 aromatic carbocycles. The lowest BCUT2D eigenvalue weighted by Gasteiger charge is -2.39. The summed E-state index contributed by atoms with van der Waals surface area (Å²) >= 11 is 0. The van der Waals surface area contributed by atoms with E-state index in [1.165, 1.54) is 0 Å². The Kier molecular flexibility index (Phi) is 9.36. The lowest BCUT2D eigenvalue weighted by molar-refractivity contribution is -0.572. The van der Waals surface area contributed by atoms with E-state index in [1.54, 1.807) is 10.9 Å². The highest BCUT2D eigenvalue weighted by Gasteiger charge is 2.43. The first kappa shape index (κ1) is 23.8. The van der Waals surface area contributed by atoms with Crippen molar-refractivity contribution in [1.82, 2.24) is 4.98 Å². The molecule has 0 spiro atoms. The Labute approximate surface area is 179 Å². The third kappa shape index (κ3) is 7.05. The normalized spacial score (nSPS) is 30.5. The minimum absolute atomic E-state index is 0.179. The van der Waals surface area contributed by atoms with Crippen LogP contribution in [0.5, 0.6) is 0 Å². The Bertz CT molecular complexity index is 720. The minimum atomic E-state index is -1.45. The van der Waals surface area contributed by atoms with E-state index in [1.807, 2.05) is 24.4 Å². The van der Waals surface area contributed by atoms with Crippen molar-refractivity contribution in [2.24, 2.45) is 10.3 Å². The van der Waals surface area contributed by atoms with Gasteiger partial charge in [0.1, 0.15) is 42.5 Å². The van der Waals surface area contributed by atoms with E-state index in [-0.39, 0.29) is 19.4 Å². The van der Waals surface area contributed by atoms with Gasteiger partial charge in [-0.05, 0) is 18.6 Å². The first-order valence-electron chi connectivity index (χ1n) is 10.1. The van der Waals surface area contributed by atoms with Gasteiger partial charge in [0.15, 0.2) is 6.29 Å². The molecule has 2 aliphatic heterocycles. The maximum atomic E-state index is 9.90. The molecule has 172 valence electrons. The minimum Gasteiger partial charge on any atom is -0.394 e. The number of ether oxygens (including phenoxy) is 4. The first-order valence-corrected chi connectivity index (χ1v) is 10.1. The highest BCUT2D eigenvalue weighted by Crippen LogP contribution is 2.21. The molecule has 1 aromatic heterocycles. The summed E-state index contributed by atoms with van der Waals surface area (Å²) in [7, 11) is 0. The average Bonchev–Trinajstić information content (AvgIpc) is 3.24.